The second kappa shape index (κ2) is 8.93. The van der Waals surface area contributed by atoms with Crippen LogP contribution in [0.3, 0.4) is 0 Å². The van der Waals surface area contributed by atoms with Crippen LogP contribution in [0.1, 0.15) is 10.7 Å². The number of rotatable bonds is 7. The van der Waals surface area contributed by atoms with Crippen molar-refractivity contribution in [2.75, 3.05) is 5.84 Å². The Hall–Kier alpha value is -2.43. The molecule has 0 aliphatic carbocycles. The van der Waals surface area contributed by atoms with Gasteiger partial charge in [0, 0.05) is 21.2 Å². The van der Waals surface area contributed by atoms with E-state index in [1.165, 1.54) is 39.9 Å². The monoisotopic (exact) mass is 491 g/mol. The van der Waals surface area contributed by atoms with E-state index in [2.05, 4.69) is 31.1 Å². The summed E-state index contributed by atoms with van der Waals surface area (Å²) in [7, 11) is 0. The first kappa shape index (κ1) is 19.9. The highest BCUT2D eigenvalue weighted by Gasteiger charge is 2.15. The van der Waals surface area contributed by atoms with Gasteiger partial charge in [0.1, 0.15) is 23.2 Å². The van der Waals surface area contributed by atoms with Gasteiger partial charge in [-0.25, -0.2) is 14.1 Å². The van der Waals surface area contributed by atoms with E-state index < -0.39 is 0 Å². The van der Waals surface area contributed by atoms with Crippen molar-refractivity contribution in [1.82, 2.24) is 19.9 Å². The first-order valence-corrected chi connectivity index (χ1v) is 11.2. The third-order valence-corrected chi connectivity index (χ3v) is 6.44. The van der Waals surface area contributed by atoms with Gasteiger partial charge in [0.15, 0.2) is 5.82 Å². The number of aromatic nitrogens is 4. The standard InChI is InChI=1S/C19H15BrFN5OS2/c20-16-4-2-1-3-15(16)18-24-25-19(26(18)22)29-11-13-10-28-17(23-13)9-27-14-7-5-12(21)6-8-14/h1-8,10H,9,11,22H2. The third kappa shape index (κ3) is 4.77. The Morgan fingerprint density at radius 3 is 2.72 bits per heavy atom. The van der Waals surface area contributed by atoms with Crippen molar-refractivity contribution in [3.8, 4) is 17.1 Å². The number of halogens is 2. The average Bonchev–Trinajstić information content (AvgIpc) is 3.33. The number of thiazole rings is 1. The van der Waals surface area contributed by atoms with Gasteiger partial charge in [0.05, 0.1) is 5.69 Å². The normalized spacial score (nSPS) is 11.0. The second-order valence-electron chi connectivity index (χ2n) is 5.92. The second-order valence-corrected chi connectivity index (χ2v) is 8.66. The number of benzene rings is 2. The molecule has 10 heteroatoms. The molecule has 0 aliphatic rings. The highest BCUT2D eigenvalue weighted by Crippen LogP contribution is 2.29. The van der Waals surface area contributed by atoms with Gasteiger partial charge in [-0.2, -0.15) is 0 Å². The van der Waals surface area contributed by atoms with Crippen LogP contribution in [0.15, 0.2) is 63.5 Å². The number of nitrogen functional groups attached to an aromatic ring is 1. The van der Waals surface area contributed by atoms with Crippen molar-refractivity contribution in [1.29, 1.82) is 0 Å². The fraction of sp³-hybridized carbons (Fsp3) is 0.105. The average molecular weight is 492 g/mol. The van der Waals surface area contributed by atoms with Gasteiger partial charge >= 0.3 is 0 Å². The largest absolute Gasteiger partial charge is 0.486 e. The Morgan fingerprint density at radius 2 is 1.93 bits per heavy atom. The molecule has 2 aromatic carbocycles. The van der Waals surface area contributed by atoms with Gasteiger partial charge in [-0.3, -0.25) is 0 Å². The Morgan fingerprint density at radius 1 is 1.14 bits per heavy atom. The fourth-order valence-corrected chi connectivity index (χ4v) is 4.52. The van der Waals surface area contributed by atoms with Gasteiger partial charge in [-0.15, -0.1) is 21.5 Å². The summed E-state index contributed by atoms with van der Waals surface area (Å²) in [6.07, 6.45) is 0. The van der Waals surface area contributed by atoms with Crippen molar-refractivity contribution in [2.24, 2.45) is 0 Å². The lowest BCUT2D eigenvalue weighted by Crippen LogP contribution is -2.11. The van der Waals surface area contributed by atoms with E-state index in [4.69, 9.17) is 10.6 Å². The molecule has 2 heterocycles. The summed E-state index contributed by atoms with van der Waals surface area (Å²) in [5, 5.41) is 11.8. The molecule has 4 aromatic rings. The predicted molar refractivity (Wildman–Crippen MR) is 116 cm³/mol. The van der Waals surface area contributed by atoms with E-state index in [1.54, 1.807) is 12.1 Å². The van der Waals surface area contributed by atoms with Crippen LogP contribution in [0.5, 0.6) is 5.75 Å². The van der Waals surface area contributed by atoms with E-state index in [0.29, 0.717) is 29.1 Å². The lowest BCUT2D eigenvalue weighted by atomic mass is 10.2. The SMILES string of the molecule is Nn1c(SCc2csc(COc3ccc(F)cc3)n2)nnc1-c1ccccc1Br. The number of thioether (sulfide) groups is 1. The summed E-state index contributed by atoms with van der Waals surface area (Å²) >= 11 is 6.48. The predicted octanol–water partition coefficient (Wildman–Crippen LogP) is 4.89. The highest BCUT2D eigenvalue weighted by molar-refractivity contribution is 9.10. The molecule has 0 radical (unpaired) electrons. The first-order chi connectivity index (χ1) is 14.1. The quantitative estimate of drug-likeness (QED) is 0.293. The maximum Gasteiger partial charge on any atom is 0.210 e. The lowest BCUT2D eigenvalue weighted by Gasteiger charge is -2.05. The number of hydrogen-bond acceptors (Lipinski definition) is 7. The van der Waals surface area contributed by atoms with Gasteiger partial charge < -0.3 is 10.6 Å². The summed E-state index contributed by atoms with van der Waals surface area (Å²) in [5.41, 5.74) is 1.78. The number of nitrogens with two attached hydrogens (primary N) is 1. The van der Waals surface area contributed by atoms with Crippen LogP contribution in [0, 0.1) is 5.82 Å². The van der Waals surface area contributed by atoms with Crippen LogP contribution in [0.2, 0.25) is 0 Å². The molecule has 0 saturated carbocycles. The Kier molecular flexibility index (Phi) is 6.12. The molecular weight excluding hydrogens is 477 g/mol. The third-order valence-electron chi connectivity index (χ3n) is 3.90. The van der Waals surface area contributed by atoms with Crippen LogP contribution in [0.25, 0.3) is 11.4 Å². The fourth-order valence-electron chi connectivity index (χ4n) is 2.50. The van der Waals surface area contributed by atoms with Gasteiger partial charge in [-0.05, 0) is 36.4 Å². The smallest absolute Gasteiger partial charge is 0.210 e. The molecule has 0 fully saturated rings. The van der Waals surface area contributed by atoms with Crippen LogP contribution in [0.4, 0.5) is 4.39 Å². The van der Waals surface area contributed by atoms with Crippen molar-refractivity contribution < 1.29 is 9.13 Å². The zero-order valence-corrected chi connectivity index (χ0v) is 18.2. The lowest BCUT2D eigenvalue weighted by molar-refractivity contribution is 0.305. The van der Waals surface area contributed by atoms with Crippen LogP contribution >= 0.6 is 39.0 Å². The van der Waals surface area contributed by atoms with E-state index in [0.717, 1.165) is 20.7 Å². The molecule has 29 heavy (non-hydrogen) atoms. The molecule has 0 aliphatic heterocycles. The maximum atomic E-state index is 12.9. The Labute approximate surface area is 183 Å². The minimum atomic E-state index is -0.290. The zero-order chi connectivity index (χ0) is 20.2. The van der Waals surface area contributed by atoms with Crippen molar-refractivity contribution in [3.63, 3.8) is 0 Å². The van der Waals surface area contributed by atoms with Crippen LogP contribution in [-0.4, -0.2) is 19.9 Å². The minimum absolute atomic E-state index is 0.290. The minimum Gasteiger partial charge on any atom is -0.486 e. The molecule has 4 rings (SSSR count). The summed E-state index contributed by atoms with van der Waals surface area (Å²) in [6.45, 7) is 0.334. The molecule has 148 valence electrons. The summed E-state index contributed by atoms with van der Waals surface area (Å²) in [4.78, 5) is 4.56. The van der Waals surface area contributed by atoms with Gasteiger partial charge in [0.25, 0.3) is 0 Å². The molecule has 0 bridgehead atoms. The van der Waals surface area contributed by atoms with Gasteiger partial charge in [0.2, 0.25) is 5.16 Å². The zero-order valence-electron chi connectivity index (χ0n) is 15.0. The van der Waals surface area contributed by atoms with Crippen molar-refractivity contribution >= 4 is 39.0 Å². The van der Waals surface area contributed by atoms with Crippen molar-refractivity contribution in [2.45, 2.75) is 17.5 Å². The summed E-state index contributed by atoms with van der Waals surface area (Å²) < 4.78 is 20.9. The molecule has 0 spiro atoms. The molecular formula is C19H15BrFN5OS2. The molecule has 0 atom stereocenters. The van der Waals surface area contributed by atoms with E-state index in [9.17, 15) is 4.39 Å². The van der Waals surface area contributed by atoms with E-state index >= 15 is 0 Å². The molecule has 2 N–H and O–H groups in total. The highest BCUT2D eigenvalue weighted by atomic mass is 79.9. The van der Waals surface area contributed by atoms with Gasteiger partial charge in [-0.1, -0.05) is 39.8 Å². The van der Waals surface area contributed by atoms with E-state index in [-0.39, 0.29) is 5.82 Å². The molecule has 0 saturated heterocycles. The number of nitrogens with zero attached hydrogens (tertiary/aromatic N) is 4. The summed E-state index contributed by atoms with van der Waals surface area (Å²) in [5.74, 6) is 7.70. The van der Waals surface area contributed by atoms with Crippen molar-refractivity contribution in [3.05, 3.63) is 74.9 Å². The summed E-state index contributed by atoms with van der Waals surface area (Å²) in [6, 6.07) is 13.6. The first-order valence-electron chi connectivity index (χ1n) is 8.50. The van der Waals surface area contributed by atoms with Crippen LogP contribution in [-0.2, 0) is 12.4 Å². The maximum absolute atomic E-state index is 12.9. The number of hydrogen-bond donors (Lipinski definition) is 1. The molecule has 0 amide bonds. The van der Waals surface area contributed by atoms with Crippen LogP contribution < -0.4 is 10.6 Å². The number of ether oxygens (including phenoxy) is 1. The molecule has 2 aromatic heterocycles. The Bertz CT molecular complexity index is 1120. The topological polar surface area (TPSA) is 78.9 Å². The van der Waals surface area contributed by atoms with E-state index in [1.807, 2.05) is 29.6 Å². The molecule has 6 nitrogen and oxygen atoms in total. The molecule has 0 unspecified atom stereocenters. The Balaban J connectivity index is 1.36.